The molecule has 0 saturated carbocycles. The molecule has 5 rings (SSSR count). The molecule has 1 N–H and O–H groups in total. The minimum atomic E-state index is -0.337. The molecule has 1 saturated heterocycles. The normalized spacial score (nSPS) is 18.3. The molecule has 0 bridgehead atoms. The minimum Gasteiger partial charge on any atom is -0.467 e. The summed E-state index contributed by atoms with van der Waals surface area (Å²) in [5.41, 5.74) is 3.70. The van der Waals surface area contributed by atoms with Crippen LogP contribution in [0.1, 0.15) is 54.1 Å². The molecule has 0 spiro atoms. The Bertz CT molecular complexity index is 1290. The highest BCUT2D eigenvalue weighted by Gasteiger charge is 2.33. The molecule has 0 aliphatic carbocycles. The van der Waals surface area contributed by atoms with Crippen molar-refractivity contribution < 1.29 is 4.42 Å². The van der Waals surface area contributed by atoms with Gasteiger partial charge in [-0.3, -0.25) is 9.69 Å². The van der Waals surface area contributed by atoms with Crippen molar-refractivity contribution in [3.05, 3.63) is 75.2 Å². The standard InChI is InChI=1S/C24H28N6O2/c1-15-6-4-8-29(13-15)22(23-26-27-28-30(23)14-18-7-5-9-32-18)20-12-19-17(3)10-16(2)11-21(19)25-24(20)31/h5,7,9-12,15,22H,4,6,8,13-14H2,1-3H3,(H,25,31)/t15-,22+/m1/s1. The van der Waals surface area contributed by atoms with E-state index in [1.54, 1.807) is 10.9 Å². The summed E-state index contributed by atoms with van der Waals surface area (Å²) in [6.45, 7) is 8.58. The van der Waals surface area contributed by atoms with Crippen LogP contribution < -0.4 is 5.56 Å². The number of tetrazole rings is 1. The van der Waals surface area contributed by atoms with Crippen molar-refractivity contribution in [3.8, 4) is 0 Å². The van der Waals surface area contributed by atoms with Gasteiger partial charge in [0.1, 0.15) is 18.3 Å². The number of furan rings is 1. The maximum absolute atomic E-state index is 13.4. The lowest BCUT2D eigenvalue weighted by Crippen LogP contribution is -2.41. The van der Waals surface area contributed by atoms with Gasteiger partial charge in [0.15, 0.2) is 5.82 Å². The van der Waals surface area contributed by atoms with Gasteiger partial charge in [0.25, 0.3) is 5.56 Å². The molecular weight excluding hydrogens is 404 g/mol. The number of H-pyrrole nitrogens is 1. The Morgan fingerprint density at radius 3 is 2.94 bits per heavy atom. The first-order chi connectivity index (χ1) is 15.5. The lowest BCUT2D eigenvalue weighted by Gasteiger charge is -2.36. The number of nitrogens with zero attached hydrogens (tertiary/aromatic N) is 5. The minimum absolute atomic E-state index is 0.0988. The quantitative estimate of drug-likeness (QED) is 0.518. The first-order valence-electron chi connectivity index (χ1n) is 11.2. The number of aryl methyl sites for hydroxylation is 2. The number of aromatic amines is 1. The van der Waals surface area contributed by atoms with Gasteiger partial charge >= 0.3 is 0 Å². The Hall–Kier alpha value is -3.26. The van der Waals surface area contributed by atoms with Crippen LogP contribution in [0, 0.1) is 19.8 Å². The first kappa shape index (κ1) is 20.6. The summed E-state index contributed by atoms with van der Waals surface area (Å²) in [6.07, 6.45) is 3.91. The predicted octanol–water partition coefficient (Wildman–Crippen LogP) is 3.59. The van der Waals surface area contributed by atoms with Crippen LogP contribution in [0.2, 0.25) is 0 Å². The van der Waals surface area contributed by atoms with Crippen molar-refractivity contribution in [2.24, 2.45) is 5.92 Å². The number of likely N-dealkylation sites (tertiary alicyclic amines) is 1. The molecule has 4 aromatic rings. The Labute approximate surface area is 186 Å². The SMILES string of the molecule is Cc1cc(C)c2cc([C@@H](c3nnnn3Cc3ccco3)N3CCC[C@@H](C)C3)c(=O)[nH]c2c1. The third-order valence-corrected chi connectivity index (χ3v) is 6.38. The number of benzene rings is 1. The molecular formula is C24H28N6O2. The number of hydrogen-bond acceptors (Lipinski definition) is 6. The zero-order valence-corrected chi connectivity index (χ0v) is 18.7. The first-order valence-corrected chi connectivity index (χ1v) is 11.2. The number of fused-ring (bicyclic) bond motifs is 1. The molecule has 1 fully saturated rings. The van der Waals surface area contributed by atoms with Gasteiger partial charge in [-0.1, -0.05) is 13.0 Å². The maximum Gasteiger partial charge on any atom is 0.253 e. The summed E-state index contributed by atoms with van der Waals surface area (Å²) in [6, 6.07) is 9.60. The van der Waals surface area contributed by atoms with Crippen LogP contribution in [0.4, 0.5) is 0 Å². The zero-order chi connectivity index (χ0) is 22.2. The summed E-state index contributed by atoms with van der Waals surface area (Å²) in [7, 11) is 0. The van der Waals surface area contributed by atoms with Crippen LogP contribution in [0.15, 0.2) is 45.8 Å². The van der Waals surface area contributed by atoms with Crippen molar-refractivity contribution in [2.75, 3.05) is 13.1 Å². The van der Waals surface area contributed by atoms with E-state index in [0.29, 0.717) is 23.9 Å². The Morgan fingerprint density at radius 1 is 1.28 bits per heavy atom. The van der Waals surface area contributed by atoms with Crippen LogP contribution >= 0.6 is 0 Å². The van der Waals surface area contributed by atoms with Gasteiger partial charge < -0.3 is 9.40 Å². The van der Waals surface area contributed by atoms with Crippen LogP contribution in [0.5, 0.6) is 0 Å². The van der Waals surface area contributed by atoms with E-state index in [1.807, 2.05) is 31.2 Å². The van der Waals surface area contributed by atoms with Gasteiger partial charge in [0.05, 0.1) is 6.26 Å². The number of aromatic nitrogens is 5. The highest BCUT2D eigenvalue weighted by molar-refractivity contribution is 5.83. The zero-order valence-electron chi connectivity index (χ0n) is 18.7. The number of piperidine rings is 1. The molecule has 32 heavy (non-hydrogen) atoms. The van der Waals surface area contributed by atoms with E-state index in [0.717, 1.165) is 47.3 Å². The lowest BCUT2D eigenvalue weighted by atomic mass is 9.95. The van der Waals surface area contributed by atoms with Crippen molar-refractivity contribution in [1.29, 1.82) is 0 Å². The highest BCUT2D eigenvalue weighted by Crippen LogP contribution is 2.31. The van der Waals surface area contributed by atoms with Gasteiger partial charge in [-0.2, -0.15) is 0 Å². The van der Waals surface area contributed by atoms with Gasteiger partial charge in [0, 0.05) is 23.0 Å². The van der Waals surface area contributed by atoms with Crippen LogP contribution in [0.25, 0.3) is 10.9 Å². The molecule has 0 unspecified atom stereocenters. The molecule has 166 valence electrons. The highest BCUT2D eigenvalue weighted by atomic mass is 16.3. The van der Waals surface area contributed by atoms with Gasteiger partial charge in [-0.25, -0.2) is 4.68 Å². The molecule has 4 heterocycles. The number of rotatable bonds is 5. The molecule has 8 heteroatoms. The lowest BCUT2D eigenvalue weighted by molar-refractivity contribution is 0.141. The molecule has 1 aliphatic heterocycles. The van der Waals surface area contributed by atoms with Crippen LogP contribution in [0.3, 0.4) is 0 Å². The Kier molecular flexibility index (Phi) is 5.38. The fraction of sp³-hybridized carbons (Fsp3) is 0.417. The summed E-state index contributed by atoms with van der Waals surface area (Å²) in [5.74, 6) is 1.97. The van der Waals surface area contributed by atoms with E-state index in [2.05, 4.69) is 45.3 Å². The van der Waals surface area contributed by atoms with Crippen LogP contribution in [-0.4, -0.2) is 43.2 Å². The molecule has 0 radical (unpaired) electrons. The largest absolute Gasteiger partial charge is 0.467 e. The average molecular weight is 433 g/mol. The van der Waals surface area contributed by atoms with Crippen molar-refractivity contribution in [1.82, 2.24) is 30.1 Å². The number of pyridine rings is 1. The average Bonchev–Trinajstić information content (AvgIpc) is 3.42. The third-order valence-electron chi connectivity index (χ3n) is 6.38. The van der Waals surface area contributed by atoms with E-state index < -0.39 is 0 Å². The third kappa shape index (κ3) is 3.86. The summed E-state index contributed by atoms with van der Waals surface area (Å²) < 4.78 is 7.26. The van der Waals surface area contributed by atoms with Gasteiger partial charge in [0.2, 0.25) is 0 Å². The number of hydrogen-bond donors (Lipinski definition) is 1. The molecule has 8 nitrogen and oxygen atoms in total. The molecule has 1 aliphatic rings. The summed E-state index contributed by atoms with van der Waals surface area (Å²) >= 11 is 0. The van der Waals surface area contributed by atoms with E-state index in [1.165, 1.54) is 6.42 Å². The fourth-order valence-electron chi connectivity index (χ4n) is 4.92. The van der Waals surface area contributed by atoms with E-state index in [-0.39, 0.29) is 11.6 Å². The second kappa shape index (κ2) is 8.35. The second-order valence-electron chi connectivity index (χ2n) is 9.02. The van der Waals surface area contributed by atoms with Crippen molar-refractivity contribution >= 4 is 10.9 Å². The molecule has 2 atom stereocenters. The van der Waals surface area contributed by atoms with Gasteiger partial charge in [-0.15, -0.1) is 5.10 Å². The Balaban J connectivity index is 1.66. The molecule has 0 amide bonds. The monoisotopic (exact) mass is 432 g/mol. The van der Waals surface area contributed by atoms with E-state index >= 15 is 0 Å². The second-order valence-corrected chi connectivity index (χ2v) is 9.02. The Morgan fingerprint density at radius 2 is 2.16 bits per heavy atom. The smallest absolute Gasteiger partial charge is 0.253 e. The maximum atomic E-state index is 13.4. The van der Waals surface area contributed by atoms with E-state index in [4.69, 9.17) is 4.42 Å². The van der Waals surface area contributed by atoms with Crippen LogP contribution in [-0.2, 0) is 6.54 Å². The predicted molar refractivity (Wildman–Crippen MR) is 121 cm³/mol. The molecule has 1 aromatic carbocycles. The van der Waals surface area contributed by atoms with Crippen molar-refractivity contribution in [3.63, 3.8) is 0 Å². The molecule has 3 aromatic heterocycles. The topological polar surface area (TPSA) is 92.8 Å². The van der Waals surface area contributed by atoms with Crippen molar-refractivity contribution in [2.45, 2.75) is 46.2 Å². The fourth-order valence-corrected chi connectivity index (χ4v) is 4.92. The van der Waals surface area contributed by atoms with Gasteiger partial charge in [-0.05, 0) is 85.0 Å². The number of nitrogens with one attached hydrogen (secondary N) is 1. The van der Waals surface area contributed by atoms with E-state index in [9.17, 15) is 4.79 Å². The summed E-state index contributed by atoms with van der Waals surface area (Å²) in [5, 5.41) is 13.6. The summed E-state index contributed by atoms with van der Waals surface area (Å²) in [4.78, 5) is 18.8.